The highest BCUT2D eigenvalue weighted by Crippen LogP contribution is 2.47. The lowest BCUT2D eigenvalue weighted by Crippen LogP contribution is -2.27. The molecule has 118 valence electrons. The minimum Gasteiger partial charge on any atom is -0.207 e. The molecule has 1 atom stereocenters. The monoisotopic (exact) mass is 438 g/mol. The van der Waals surface area contributed by atoms with E-state index in [4.69, 9.17) is 11.6 Å². The van der Waals surface area contributed by atoms with Gasteiger partial charge in [0.15, 0.2) is 0 Å². The molecule has 1 aromatic rings. The van der Waals surface area contributed by atoms with Gasteiger partial charge in [-0.15, -0.1) is 0 Å². The lowest BCUT2D eigenvalue weighted by Gasteiger charge is -2.38. The molecule has 2 rings (SSSR count). The van der Waals surface area contributed by atoms with Crippen molar-refractivity contribution in [2.75, 3.05) is 0 Å². The summed E-state index contributed by atoms with van der Waals surface area (Å²) in [5.41, 5.74) is 1.06. The minimum absolute atomic E-state index is 0.0454. The zero-order valence-corrected chi connectivity index (χ0v) is 16.7. The van der Waals surface area contributed by atoms with Gasteiger partial charge in [-0.05, 0) is 71.0 Å². The van der Waals surface area contributed by atoms with E-state index < -0.39 is 0 Å². The van der Waals surface area contributed by atoms with E-state index in [0.717, 1.165) is 18.8 Å². The summed E-state index contributed by atoms with van der Waals surface area (Å²) in [5, 5.41) is 0.569. The molecule has 1 saturated carbocycles. The van der Waals surface area contributed by atoms with E-state index in [1.165, 1.54) is 18.9 Å². The third kappa shape index (κ3) is 4.23. The number of benzene rings is 1. The first-order valence-corrected chi connectivity index (χ1v) is 9.57. The van der Waals surface area contributed by atoms with Crippen molar-refractivity contribution in [3.8, 4) is 0 Å². The van der Waals surface area contributed by atoms with Gasteiger partial charge in [-0.1, -0.05) is 48.3 Å². The summed E-state index contributed by atoms with van der Waals surface area (Å²) < 4.78 is 14.8. The van der Waals surface area contributed by atoms with Crippen molar-refractivity contribution in [3.63, 3.8) is 0 Å². The van der Waals surface area contributed by atoms with Crippen LogP contribution in [0.25, 0.3) is 0 Å². The van der Waals surface area contributed by atoms with Gasteiger partial charge in [-0.3, -0.25) is 0 Å². The highest BCUT2D eigenvalue weighted by molar-refractivity contribution is 9.10. The van der Waals surface area contributed by atoms with E-state index in [1.807, 2.05) is 0 Å². The van der Waals surface area contributed by atoms with E-state index in [0.29, 0.717) is 26.4 Å². The van der Waals surface area contributed by atoms with Gasteiger partial charge < -0.3 is 0 Å². The van der Waals surface area contributed by atoms with Gasteiger partial charge >= 0.3 is 0 Å². The molecular weight excluding hydrogens is 418 g/mol. The van der Waals surface area contributed by atoms with Crippen LogP contribution in [0.3, 0.4) is 0 Å². The maximum atomic E-state index is 14.2. The Labute approximate surface area is 149 Å². The van der Waals surface area contributed by atoms with Crippen LogP contribution >= 0.6 is 43.5 Å². The van der Waals surface area contributed by atoms with Gasteiger partial charge in [0.25, 0.3) is 0 Å². The Balaban J connectivity index is 2.09. The number of hydrogen-bond donors (Lipinski definition) is 0. The standard InChI is InChI=1S/C17H22Br2ClF/c1-17(2,3)11-6-4-10(5-7-11)16(19)12-8-14(20)13(18)9-15(12)21/h8-11,16H,4-7H2,1-3H3. The predicted octanol–water partition coefficient (Wildman–Crippen LogP) is 7.53. The predicted molar refractivity (Wildman–Crippen MR) is 95.7 cm³/mol. The van der Waals surface area contributed by atoms with Gasteiger partial charge in [-0.25, -0.2) is 4.39 Å². The van der Waals surface area contributed by atoms with Gasteiger partial charge in [0.05, 0.1) is 5.02 Å². The zero-order chi connectivity index (χ0) is 15.8. The molecule has 1 fully saturated rings. The molecule has 0 aromatic heterocycles. The Morgan fingerprint density at radius 2 is 1.76 bits per heavy atom. The number of rotatable bonds is 2. The second-order valence-corrected chi connectivity index (χ2v) is 9.42. The lowest BCUT2D eigenvalue weighted by atomic mass is 9.69. The summed E-state index contributed by atoms with van der Waals surface area (Å²) in [5.74, 6) is 1.06. The summed E-state index contributed by atoms with van der Waals surface area (Å²) in [4.78, 5) is 0.0454. The zero-order valence-electron chi connectivity index (χ0n) is 12.7. The van der Waals surface area contributed by atoms with E-state index in [2.05, 4.69) is 52.6 Å². The fourth-order valence-electron chi connectivity index (χ4n) is 3.28. The van der Waals surface area contributed by atoms with Gasteiger partial charge in [0.1, 0.15) is 5.82 Å². The second kappa shape index (κ2) is 6.88. The summed E-state index contributed by atoms with van der Waals surface area (Å²) in [6.45, 7) is 6.95. The fraction of sp³-hybridized carbons (Fsp3) is 0.647. The van der Waals surface area contributed by atoms with Crippen molar-refractivity contribution in [2.45, 2.75) is 51.3 Å². The number of alkyl halides is 1. The van der Waals surface area contributed by atoms with Gasteiger partial charge in [-0.2, -0.15) is 0 Å². The van der Waals surface area contributed by atoms with E-state index in [1.54, 1.807) is 6.07 Å². The Morgan fingerprint density at radius 1 is 1.19 bits per heavy atom. The summed E-state index contributed by atoms with van der Waals surface area (Å²) in [6.07, 6.45) is 4.74. The Kier molecular flexibility index (Phi) is 5.82. The Hall–Kier alpha value is 0.400. The maximum absolute atomic E-state index is 14.2. The van der Waals surface area contributed by atoms with Crippen LogP contribution in [0.4, 0.5) is 4.39 Å². The molecule has 0 amide bonds. The average molecular weight is 441 g/mol. The van der Waals surface area contributed by atoms with Gasteiger partial charge in [0.2, 0.25) is 0 Å². The molecule has 1 unspecified atom stereocenters. The number of hydrogen-bond acceptors (Lipinski definition) is 0. The van der Waals surface area contributed by atoms with Crippen molar-refractivity contribution in [3.05, 3.63) is 33.0 Å². The van der Waals surface area contributed by atoms with Crippen molar-refractivity contribution in [1.29, 1.82) is 0 Å². The fourth-order valence-corrected chi connectivity index (χ4v) is 4.65. The van der Waals surface area contributed by atoms with Gasteiger partial charge in [0, 0.05) is 14.9 Å². The largest absolute Gasteiger partial charge is 0.207 e. The highest BCUT2D eigenvalue weighted by atomic mass is 79.9. The molecular formula is C17H22Br2ClF. The number of halogens is 4. The highest BCUT2D eigenvalue weighted by Gasteiger charge is 2.33. The van der Waals surface area contributed by atoms with E-state index >= 15 is 0 Å². The molecule has 0 radical (unpaired) electrons. The summed E-state index contributed by atoms with van der Waals surface area (Å²) >= 11 is 13.1. The molecule has 0 aliphatic heterocycles. The Morgan fingerprint density at radius 3 is 2.29 bits per heavy atom. The van der Waals surface area contributed by atoms with Crippen LogP contribution in [0.1, 0.15) is 56.8 Å². The maximum Gasteiger partial charge on any atom is 0.128 e. The molecule has 0 spiro atoms. The minimum atomic E-state index is -0.189. The van der Waals surface area contributed by atoms with Crippen molar-refractivity contribution in [1.82, 2.24) is 0 Å². The molecule has 0 heterocycles. The molecule has 1 aromatic carbocycles. The molecule has 4 heteroatoms. The molecule has 0 N–H and O–H groups in total. The topological polar surface area (TPSA) is 0 Å². The van der Waals surface area contributed by atoms with Crippen LogP contribution in [-0.2, 0) is 0 Å². The van der Waals surface area contributed by atoms with Crippen LogP contribution in [0.15, 0.2) is 16.6 Å². The van der Waals surface area contributed by atoms with Crippen LogP contribution in [0, 0.1) is 23.1 Å². The van der Waals surface area contributed by atoms with Crippen molar-refractivity contribution >= 4 is 43.5 Å². The van der Waals surface area contributed by atoms with Crippen LogP contribution < -0.4 is 0 Å². The Bertz CT molecular complexity index is 502. The molecule has 1 aliphatic carbocycles. The molecule has 0 saturated heterocycles. The molecule has 0 bridgehead atoms. The molecule has 1 aliphatic rings. The van der Waals surface area contributed by atoms with E-state index in [9.17, 15) is 4.39 Å². The average Bonchev–Trinajstić information content (AvgIpc) is 2.41. The SMILES string of the molecule is CC(C)(C)C1CCC(C(Br)c2cc(Cl)c(Br)cc2F)CC1. The van der Waals surface area contributed by atoms with Crippen LogP contribution in [0.5, 0.6) is 0 Å². The summed E-state index contributed by atoms with van der Waals surface area (Å²) in [7, 11) is 0. The third-order valence-electron chi connectivity index (χ3n) is 4.75. The van der Waals surface area contributed by atoms with E-state index in [-0.39, 0.29) is 10.6 Å². The smallest absolute Gasteiger partial charge is 0.128 e. The lowest BCUT2D eigenvalue weighted by molar-refractivity contribution is 0.149. The third-order valence-corrected chi connectivity index (χ3v) is 7.19. The molecule has 21 heavy (non-hydrogen) atoms. The first-order chi connectivity index (χ1) is 9.70. The summed E-state index contributed by atoms with van der Waals surface area (Å²) in [6, 6.07) is 3.21. The second-order valence-electron chi connectivity index (χ2n) is 7.17. The van der Waals surface area contributed by atoms with Crippen LogP contribution in [-0.4, -0.2) is 0 Å². The first kappa shape index (κ1) is 17.7. The van der Waals surface area contributed by atoms with Crippen molar-refractivity contribution < 1.29 is 4.39 Å². The molecule has 0 nitrogen and oxygen atoms in total. The van der Waals surface area contributed by atoms with Crippen molar-refractivity contribution in [2.24, 2.45) is 17.3 Å². The normalized spacial score (nSPS) is 24.9. The quantitative estimate of drug-likeness (QED) is 0.329. The first-order valence-electron chi connectivity index (χ1n) is 7.48. The van der Waals surface area contributed by atoms with Crippen LogP contribution in [0.2, 0.25) is 5.02 Å².